The minimum Gasteiger partial charge on any atom is -0.326 e. The fraction of sp³-hybridized carbons (Fsp3) is 0.333. The molecule has 98 valence electrons. The van der Waals surface area contributed by atoms with Crippen molar-refractivity contribution in [1.29, 1.82) is 0 Å². The fourth-order valence-corrected chi connectivity index (χ4v) is 3.54. The minimum atomic E-state index is -3.51. The molecule has 0 unspecified atom stereocenters. The molecular weight excluding hydrogens is 274 g/mol. The lowest BCUT2D eigenvalue weighted by Gasteiger charge is -2.01. The average molecular weight is 287 g/mol. The van der Waals surface area contributed by atoms with E-state index in [9.17, 15) is 8.42 Å². The highest BCUT2D eigenvalue weighted by molar-refractivity contribution is 7.91. The van der Waals surface area contributed by atoms with Gasteiger partial charge in [-0.15, -0.1) is 11.3 Å². The molecule has 0 saturated heterocycles. The van der Waals surface area contributed by atoms with Crippen LogP contribution in [0.4, 0.5) is 0 Å². The normalized spacial score (nSPS) is 11.9. The van der Waals surface area contributed by atoms with Crippen molar-refractivity contribution in [1.82, 2.24) is 19.5 Å². The van der Waals surface area contributed by atoms with E-state index in [1.54, 1.807) is 18.5 Å². The summed E-state index contributed by atoms with van der Waals surface area (Å²) in [6.07, 6.45) is 1.52. The molecule has 0 spiro atoms. The van der Waals surface area contributed by atoms with Crippen LogP contribution in [0.1, 0.15) is 11.4 Å². The molecule has 0 amide bonds. The molecule has 3 N–H and O–H groups in total. The zero-order valence-corrected chi connectivity index (χ0v) is 11.3. The smallest absolute Gasteiger partial charge is 0.250 e. The van der Waals surface area contributed by atoms with Crippen LogP contribution >= 0.6 is 11.3 Å². The van der Waals surface area contributed by atoms with E-state index < -0.39 is 10.0 Å². The van der Waals surface area contributed by atoms with Gasteiger partial charge in [0.25, 0.3) is 0 Å². The number of rotatable bonds is 5. The third-order valence-corrected chi connectivity index (χ3v) is 5.09. The first-order valence-electron chi connectivity index (χ1n) is 5.13. The quantitative estimate of drug-likeness (QED) is 0.793. The largest absolute Gasteiger partial charge is 0.326 e. The van der Waals surface area contributed by atoms with Gasteiger partial charge in [-0.3, -0.25) is 4.68 Å². The zero-order chi connectivity index (χ0) is 13.2. The molecule has 0 saturated carbocycles. The van der Waals surface area contributed by atoms with Crippen molar-refractivity contribution in [2.24, 2.45) is 12.8 Å². The van der Waals surface area contributed by atoms with Crippen LogP contribution in [0.25, 0.3) is 0 Å². The van der Waals surface area contributed by atoms with Gasteiger partial charge in [0.05, 0.1) is 6.54 Å². The first kappa shape index (κ1) is 13.1. The summed E-state index contributed by atoms with van der Waals surface area (Å²) in [7, 11) is -1.79. The number of nitrogens with one attached hydrogen (secondary N) is 1. The van der Waals surface area contributed by atoms with Gasteiger partial charge in [-0.2, -0.15) is 5.10 Å². The Hall–Kier alpha value is -1.29. The van der Waals surface area contributed by atoms with Crippen LogP contribution in [0.2, 0.25) is 0 Å². The van der Waals surface area contributed by atoms with Gasteiger partial charge in [-0.25, -0.2) is 18.1 Å². The molecule has 2 rings (SSSR count). The number of nitrogens with two attached hydrogens (primary N) is 1. The van der Waals surface area contributed by atoms with Gasteiger partial charge in [0, 0.05) is 13.6 Å². The van der Waals surface area contributed by atoms with Gasteiger partial charge in [0.15, 0.2) is 5.82 Å². The van der Waals surface area contributed by atoms with Crippen LogP contribution in [0.5, 0.6) is 0 Å². The SMILES string of the molecule is Cn1cnc(CNS(=O)(=O)c2cc(CN)cs2)n1. The van der Waals surface area contributed by atoms with E-state index in [4.69, 9.17) is 5.73 Å². The predicted molar refractivity (Wildman–Crippen MR) is 67.2 cm³/mol. The second kappa shape index (κ2) is 5.14. The fourth-order valence-electron chi connectivity index (χ4n) is 1.30. The Balaban J connectivity index is 2.07. The standard InChI is InChI=1S/C9H13N5O2S2/c1-14-6-11-8(13-14)4-12-18(15,16)9-2-7(3-10)5-17-9/h2,5-6,12H,3-4,10H2,1H3. The summed E-state index contributed by atoms with van der Waals surface area (Å²) in [5, 5.41) is 5.72. The van der Waals surface area contributed by atoms with E-state index in [1.165, 1.54) is 11.0 Å². The summed E-state index contributed by atoms with van der Waals surface area (Å²) in [4.78, 5) is 3.94. The lowest BCUT2D eigenvalue weighted by Crippen LogP contribution is -2.23. The highest BCUT2D eigenvalue weighted by Crippen LogP contribution is 2.19. The Kier molecular flexibility index (Phi) is 3.76. The number of aryl methyl sites for hydroxylation is 1. The van der Waals surface area contributed by atoms with E-state index in [-0.39, 0.29) is 10.8 Å². The van der Waals surface area contributed by atoms with Gasteiger partial charge in [-0.05, 0) is 17.0 Å². The lowest BCUT2D eigenvalue weighted by molar-refractivity contribution is 0.580. The molecular formula is C9H13N5O2S2. The first-order chi connectivity index (χ1) is 8.51. The molecule has 0 aromatic carbocycles. The van der Waals surface area contributed by atoms with Gasteiger partial charge < -0.3 is 5.73 Å². The van der Waals surface area contributed by atoms with Crippen molar-refractivity contribution >= 4 is 21.4 Å². The minimum absolute atomic E-state index is 0.0685. The molecule has 0 fully saturated rings. The van der Waals surface area contributed by atoms with E-state index in [2.05, 4.69) is 14.8 Å². The van der Waals surface area contributed by atoms with Crippen LogP contribution in [0.3, 0.4) is 0 Å². The molecule has 9 heteroatoms. The van der Waals surface area contributed by atoms with E-state index in [1.807, 2.05) is 0 Å². The second-order valence-corrected chi connectivity index (χ2v) is 6.54. The molecule has 2 aromatic heterocycles. The van der Waals surface area contributed by atoms with Crippen molar-refractivity contribution in [2.45, 2.75) is 17.3 Å². The highest BCUT2D eigenvalue weighted by Gasteiger charge is 2.17. The number of aromatic nitrogens is 3. The summed E-state index contributed by atoms with van der Waals surface area (Å²) < 4.78 is 28.1. The maximum absolute atomic E-state index is 11.9. The van der Waals surface area contributed by atoms with E-state index >= 15 is 0 Å². The van der Waals surface area contributed by atoms with Gasteiger partial charge in [-0.1, -0.05) is 0 Å². The third kappa shape index (κ3) is 2.93. The molecule has 0 atom stereocenters. The third-order valence-electron chi connectivity index (χ3n) is 2.20. The Morgan fingerprint density at radius 3 is 2.89 bits per heavy atom. The van der Waals surface area contributed by atoms with Gasteiger partial charge >= 0.3 is 0 Å². The summed E-state index contributed by atoms with van der Waals surface area (Å²) in [5.74, 6) is 0.427. The summed E-state index contributed by atoms with van der Waals surface area (Å²) in [6.45, 7) is 0.396. The molecule has 0 radical (unpaired) electrons. The molecule has 0 aliphatic rings. The highest BCUT2D eigenvalue weighted by atomic mass is 32.2. The monoisotopic (exact) mass is 287 g/mol. The number of hydrogen-bond acceptors (Lipinski definition) is 6. The maximum Gasteiger partial charge on any atom is 0.250 e. The van der Waals surface area contributed by atoms with E-state index in [0.717, 1.165) is 16.9 Å². The summed E-state index contributed by atoms with van der Waals surface area (Å²) in [5.41, 5.74) is 6.25. The van der Waals surface area contributed by atoms with E-state index in [0.29, 0.717) is 12.4 Å². The molecule has 2 heterocycles. The number of sulfonamides is 1. The molecule has 0 aliphatic heterocycles. The second-order valence-electron chi connectivity index (χ2n) is 3.64. The number of hydrogen-bond donors (Lipinski definition) is 2. The Labute approximate surface area is 109 Å². The van der Waals surface area contributed by atoms with Crippen LogP contribution in [-0.2, 0) is 30.2 Å². The van der Waals surface area contributed by atoms with Crippen LogP contribution in [-0.4, -0.2) is 23.2 Å². The summed E-state index contributed by atoms with van der Waals surface area (Å²) >= 11 is 1.14. The Morgan fingerprint density at radius 1 is 1.56 bits per heavy atom. The Bertz CT molecular complexity index is 631. The van der Waals surface area contributed by atoms with Crippen molar-refractivity contribution in [3.05, 3.63) is 29.2 Å². The van der Waals surface area contributed by atoms with Crippen LogP contribution in [0, 0.1) is 0 Å². The lowest BCUT2D eigenvalue weighted by atomic mass is 10.4. The zero-order valence-electron chi connectivity index (χ0n) is 9.70. The molecule has 18 heavy (non-hydrogen) atoms. The van der Waals surface area contributed by atoms with Crippen molar-refractivity contribution in [3.8, 4) is 0 Å². The summed E-state index contributed by atoms with van der Waals surface area (Å²) in [6, 6.07) is 1.57. The van der Waals surface area contributed by atoms with Gasteiger partial charge in [0.1, 0.15) is 10.5 Å². The molecule has 7 nitrogen and oxygen atoms in total. The van der Waals surface area contributed by atoms with Crippen molar-refractivity contribution in [2.75, 3.05) is 0 Å². The number of thiophene rings is 1. The average Bonchev–Trinajstić information content (AvgIpc) is 2.95. The molecule has 0 aliphatic carbocycles. The Morgan fingerprint density at radius 2 is 2.33 bits per heavy atom. The molecule has 0 bridgehead atoms. The number of nitrogens with zero attached hydrogens (tertiary/aromatic N) is 3. The van der Waals surface area contributed by atoms with Crippen LogP contribution < -0.4 is 10.5 Å². The predicted octanol–water partition coefficient (Wildman–Crippen LogP) is -0.186. The van der Waals surface area contributed by atoms with Crippen molar-refractivity contribution in [3.63, 3.8) is 0 Å². The topological polar surface area (TPSA) is 103 Å². The van der Waals surface area contributed by atoms with Gasteiger partial charge in [0.2, 0.25) is 10.0 Å². The van der Waals surface area contributed by atoms with Crippen molar-refractivity contribution < 1.29 is 8.42 Å². The maximum atomic E-state index is 11.9. The first-order valence-corrected chi connectivity index (χ1v) is 7.49. The molecule has 2 aromatic rings. The van der Waals surface area contributed by atoms with Crippen LogP contribution in [0.15, 0.2) is 22.0 Å².